The SMILES string of the molecule is CCCc1noc(C2CC=CCC2C(=O)O)n1. The highest BCUT2D eigenvalue weighted by molar-refractivity contribution is 5.71. The van der Waals surface area contributed by atoms with Crippen LogP contribution in [0.4, 0.5) is 0 Å². The van der Waals surface area contributed by atoms with Crippen LogP contribution in [0.15, 0.2) is 16.7 Å². The summed E-state index contributed by atoms with van der Waals surface area (Å²) >= 11 is 0. The summed E-state index contributed by atoms with van der Waals surface area (Å²) in [4.78, 5) is 15.4. The lowest BCUT2D eigenvalue weighted by molar-refractivity contribution is -0.142. The third kappa shape index (κ3) is 2.54. The molecule has 0 amide bonds. The van der Waals surface area contributed by atoms with E-state index in [0.29, 0.717) is 24.6 Å². The van der Waals surface area contributed by atoms with Crippen molar-refractivity contribution >= 4 is 5.97 Å². The molecule has 1 aliphatic rings. The molecule has 2 rings (SSSR count). The van der Waals surface area contributed by atoms with Crippen molar-refractivity contribution in [3.05, 3.63) is 23.9 Å². The summed E-state index contributed by atoms with van der Waals surface area (Å²) < 4.78 is 5.18. The lowest BCUT2D eigenvalue weighted by Gasteiger charge is -2.21. The Morgan fingerprint density at radius 2 is 2.29 bits per heavy atom. The predicted molar refractivity (Wildman–Crippen MR) is 60.5 cm³/mol. The van der Waals surface area contributed by atoms with Crippen molar-refractivity contribution < 1.29 is 14.4 Å². The van der Waals surface area contributed by atoms with Crippen molar-refractivity contribution in [3.63, 3.8) is 0 Å². The fourth-order valence-corrected chi connectivity index (χ4v) is 2.10. The second-order valence-corrected chi connectivity index (χ2v) is 4.29. The second-order valence-electron chi connectivity index (χ2n) is 4.29. The van der Waals surface area contributed by atoms with Crippen LogP contribution in [-0.4, -0.2) is 21.2 Å². The van der Waals surface area contributed by atoms with E-state index in [2.05, 4.69) is 10.1 Å². The number of carbonyl (C=O) groups is 1. The molecular formula is C12H16N2O3. The Kier molecular flexibility index (Phi) is 3.56. The average Bonchev–Trinajstić information content (AvgIpc) is 2.78. The number of nitrogens with zero attached hydrogens (tertiary/aromatic N) is 2. The monoisotopic (exact) mass is 236 g/mol. The number of rotatable bonds is 4. The second kappa shape index (κ2) is 5.12. The first kappa shape index (κ1) is 11.8. The van der Waals surface area contributed by atoms with E-state index in [1.807, 2.05) is 19.1 Å². The summed E-state index contributed by atoms with van der Waals surface area (Å²) in [6.45, 7) is 2.04. The molecule has 1 aromatic rings. The van der Waals surface area contributed by atoms with Crippen molar-refractivity contribution in [1.29, 1.82) is 0 Å². The molecule has 5 heteroatoms. The lowest BCUT2D eigenvalue weighted by atomic mass is 9.83. The summed E-state index contributed by atoms with van der Waals surface area (Å²) in [7, 11) is 0. The highest BCUT2D eigenvalue weighted by Crippen LogP contribution is 2.33. The largest absolute Gasteiger partial charge is 0.481 e. The average molecular weight is 236 g/mol. The van der Waals surface area contributed by atoms with Gasteiger partial charge in [0.05, 0.1) is 11.8 Å². The van der Waals surface area contributed by atoms with Crippen LogP contribution in [0.5, 0.6) is 0 Å². The highest BCUT2D eigenvalue weighted by Gasteiger charge is 2.33. The Labute approximate surface area is 99.5 Å². The topological polar surface area (TPSA) is 76.2 Å². The van der Waals surface area contributed by atoms with E-state index in [4.69, 9.17) is 9.63 Å². The van der Waals surface area contributed by atoms with Crippen molar-refractivity contribution in [1.82, 2.24) is 10.1 Å². The Bertz CT molecular complexity index is 425. The lowest BCUT2D eigenvalue weighted by Crippen LogP contribution is -2.23. The quantitative estimate of drug-likeness (QED) is 0.810. The number of allylic oxidation sites excluding steroid dienone is 2. The van der Waals surface area contributed by atoms with E-state index in [9.17, 15) is 4.79 Å². The molecule has 0 radical (unpaired) electrons. The van der Waals surface area contributed by atoms with Crippen LogP contribution < -0.4 is 0 Å². The summed E-state index contributed by atoms with van der Waals surface area (Å²) in [5.41, 5.74) is 0. The van der Waals surface area contributed by atoms with Gasteiger partial charge in [0.2, 0.25) is 5.89 Å². The van der Waals surface area contributed by atoms with Crippen LogP contribution >= 0.6 is 0 Å². The maximum Gasteiger partial charge on any atom is 0.307 e. The van der Waals surface area contributed by atoms with Gasteiger partial charge in [-0.1, -0.05) is 24.2 Å². The van der Waals surface area contributed by atoms with Gasteiger partial charge < -0.3 is 9.63 Å². The number of aliphatic carboxylic acids is 1. The molecule has 0 aliphatic heterocycles. The molecule has 0 saturated heterocycles. The molecule has 1 N–H and O–H groups in total. The third-order valence-corrected chi connectivity index (χ3v) is 3.02. The van der Waals surface area contributed by atoms with Crippen molar-refractivity contribution in [2.24, 2.45) is 5.92 Å². The van der Waals surface area contributed by atoms with E-state index in [-0.39, 0.29) is 5.92 Å². The third-order valence-electron chi connectivity index (χ3n) is 3.02. The first-order chi connectivity index (χ1) is 8.22. The van der Waals surface area contributed by atoms with Gasteiger partial charge in [-0.25, -0.2) is 0 Å². The summed E-state index contributed by atoms with van der Waals surface area (Å²) in [6, 6.07) is 0. The Morgan fingerprint density at radius 3 is 3.00 bits per heavy atom. The van der Waals surface area contributed by atoms with Crippen LogP contribution in [-0.2, 0) is 11.2 Å². The van der Waals surface area contributed by atoms with E-state index in [0.717, 1.165) is 12.8 Å². The van der Waals surface area contributed by atoms with Gasteiger partial charge in [-0.2, -0.15) is 4.98 Å². The van der Waals surface area contributed by atoms with Gasteiger partial charge in [-0.15, -0.1) is 0 Å². The van der Waals surface area contributed by atoms with Gasteiger partial charge in [0.25, 0.3) is 0 Å². The van der Waals surface area contributed by atoms with Gasteiger partial charge in [0.15, 0.2) is 5.82 Å². The number of hydrogen-bond acceptors (Lipinski definition) is 4. The molecule has 0 saturated carbocycles. The molecular weight excluding hydrogens is 220 g/mol. The molecule has 5 nitrogen and oxygen atoms in total. The van der Waals surface area contributed by atoms with Gasteiger partial charge in [-0.05, 0) is 19.3 Å². The molecule has 0 aromatic carbocycles. The van der Waals surface area contributed by atoms with Gasteiger partial charge in [0.1, 0.15) is 0 Å². The van der Waals surface area contributed by atoms with Gasteiger partial charge in [0, 0.05) is 6.42 Å². The smallest absolute Gasteiger partial charge is 0.307 e. The zero-order valence-corrected chi connectivity index (χ0v) is 9.80. The summed E-state index contributed by atoms with van der Waals surface area (Å²) in [5, 5.41) is 13.0. The van der Waals surface area contributed by atoms with Crippen molar-refractivity contribution in [3.8, 4) is 0 Å². The maximum atomic E-state index is 11.1. The van der Waals surface area contributed by atoms with Crippen LogP contribution in [0, 0.1) is 5.92 Å². The molecule has 0 bridgehead atoms. The van der Waals surface area contributed by atoms with Crippen LogP contribution in [0.25, 0.3) is 0 Å². The molecule has 1 heterocycles. The van der Waals surface area contributed by atoms with Crippen molar-refractivity contribution in [2.45, 2.75) is 38.5 Å². The number of aromatic nitrogens is 2. The number of carboxylic acids is 1. The van der Waals surface area contributed by atoms with E-state index in [1.165, 1.54) is 0 Å². The van der Waals surface area contributed by atoms with Gasteiger partial charge >= 0.3 is 5.97 Å². The number of carboxylic acid groups (broad SMARTS) is 1. The number of hydrogen-bond donors (Lipinski definition) is 1. The normalized spacial score (nSPS) is 23.8. The minimum Gasteiger partial charge on any atom is -0.481 e. The fraction of sp³-hybridized carbons (Fsp3) is 0.583. The van der Waals surface area contributed by atoms with Crippen molar-refractivity contribution in [2.75, 3.05) is 0 Å². The van der Waals surface area contributed by atoms with Crippen LogP contribution in [0.3, 0.4) is 0 Å². The Balaban J connectivity index is 2.18. The predicted octanol–water partition coefficient (Wildman–Crippen LogP) is 2.16. The summed E-state index contributed by atoms with van der Waals surface area (Å²) in [5.74, 6) is -0.300. The minimum atomic E-state index is -0.797. The van der Waals surface area contributed by atoms with E-state index >= 15 is 0 Å². The van der Waals surface area contributed by atoms with E-state index < -0.39 is 11.9 Å². The van der Waals surface area contributed by atoms with Crippen LogP contribution in [0.1, 0.15) is 43.8 Å². The minimum absolute atomic E-state index is 0.185. The summed E-state index contributed by atoms with van der Waals surface area (Å²) in [6.07, 6.45) is 6.79. The first-order valence-corrected chi connectivity index (χ1v) is 5.92. The molecule has 1 aliphatic carbocycles. The Morgan fingerprint density at radius 1 is 1.53 bits per heavy atom. The molecule has 0 fully saturated rings. The van der Waals surface area contributed by atoms with Gasteiger partial charge in [-0.3, -0.25) is 4.79 Å². The van der Waals surface area contributed by atoms with E-state index in [1.54, 1.807) is 0 Å². The molecule has 0 spiro atoms. The Hall–Kier alpha value is -1.65. The molecule has 17 heavy (non-hydrogen) atoms. The molecule has 1 aromatic heterocycles. The molecule has 2 atom stereocenters. The zero-order valence-electron chi connectivity index (χ0n) is 9.80. The fourth-order valence-electron chi connectivity index (χ4n) is 2.10. The number of aryl methyl sites for hydroxylation is 1. The highest BCUT2D eigenvalue weighted by atomic mass is 16.5. The standard InChI is InChI=1S/C12H16N2O3/c1-2-5-10-13-11(17-14-10)8-6-3-4-7-9(8)12(15)16/h3-4,8-9H,2,5-7H2,1H3,(H,15,16). The molecule has 92 valence electrons. The molecule has 2 unspecified atom stereocenters. The first-order valence-electron chi connectivity index (χ1n) is 5.92. The van der Waals surface area contributed by atoms with Crippen LogP contribution in [0.2, 0.25) is 0 Å². The maximum absolute atomic E-state index is 11.1. The zero-order chi connectivity index (χ0) is 12.3.